The summed E-state index contributed by atoms with van der Waals surface area (Å²) in [6.07, 6.45) is -4.30. The molecule has 1 aromatic rings. The number of rotatable bonds is 4. The van der Waals surface area contributed by atoms with E-state index in [4.69, 9.17) is 10.5 Å². The van der Waals surface area contributed by atoms with E-state index in [1.807, 2.05) is 0 Å². The molecule has 0 aliphatic rings. The molecule has 0 atom stereocenters. The van der Waals surface area contributed by atoms with Crippen molar-refractivity contribution in [2.75, 3.05) is 30.8 Å². The quantitative estimate of drug-likeness (QED) is 0.876. The monoisotopic (exact) mass is 250 g/mol. The van der Waals surface area contributed by atoms with E-state index in [0.717, 1.165) is 4.90 Å². The van der Waals surface area contributed by atoms with Gasteiger partial charge in [0.25, 0.3) is 0 Å². The number of methoxy groups -OCH3 is 1. The van der Waals surface area contributed by atoms with Crippen LogP contribution in [-0.2, 0) is 0 Å². The van der Waals surface area contributed by atoms with E-state index in [1.165, 1.54) is 13.2 Å². The summed E-state index contributed by atoms with van der Waals surface area (Å²) in [4.78, 5) is 8.49. The first-order valence-corrected chi connectivity index (χ1v) is 4.86. The molecule has 0 bridgehead atoms. The maximum Gasteiger partial charge on any atom is 0.405 e. The van der Waals surface area contributed by atoms with Crippen LogP contribution in [0.5, 0.6) is 5.88 Å². The van der Waals surface area contributed by atoms with Crippen molar-refractivity contribution in [1.29, 1.82) is 0 Å². The number of nitrogen functional groups attached to an aromatic ring is 1. The van der Waals surface area contributed by atoms with Crippen LogP contribution >= 0.6 is 0 Å². The van der Waals surface area contributed by atoms with E-state index in [-0.39, 0.29) is 24.2 Å². The summed E-state index contributed by atoms with van der Waals surface area (Å²) in [7, 11) is 1.35. The highest BCUT2D eigenvalue weighted by molar-refractivity contribution is 5.45. The molecule has 0 aliphatic carbocycles. The van der Waals surface area contributed by atoms with Gasteiger partial charge >= 0.3 is 6.18 Å². The van der Waals surface area contributed by atoms with Crippen molar-refractivity contribution < 1.29 is 17.9 Å². The third-order valence-electron chi connectivity index (χ3n) is 1.99. The Bertz CT molecular complexity index is 383. The molecule has 17 heavy (non-hydrogen) atoms. The van der Waals surface area contributed by atoms with Gasteiger partial charge < -0.3 is 15.4 Å². The van der Waals surface area contributed by atoms with E-state index in [0.29, 0.717) is 0 Å². The molecule has 5 nitrogen and oxygen atoms in total. The third-order valence-corrected chi connectivity index (χ3v) is 1.99. The number of ether oxygens (including phenoxy) is 1. The lowest BCUT2D eigenvalue weighted by Crippen LogP contribution is -2.34. The first-order chi connectivity index (χ1) is 7.85. The number of aromatic nitrogens is 2. The van der Waals surface area contributed by atoms with Crippen LogP contribution in [0.2, 0.25) is 0 Å². The van der Waals surface area contributed by atoms with Crippen LogP contribution in [0, 0.1) is 0 Å². The molecule has 0 radical (unpaired) electrons. The summed E-state index contributed by atoms with van der Waals surface area (Å²) in [5.74, 6) is 0.0993. The highest BCUT2D eigenvalue weighted by atomic mass is 19.4. The predicted molar refractivity (Wildman–Crippen MR) is 56.9 cm³/mol. The van der Waals surface area contributed by atoms with E-state index in [9.17, 15) is 13.2 Å². The summed E-state index contributed by atoms with van der Waals surface area (Å²) in [5.41, 5.74) is 5.38. The minimum Gasteiger partial charge on any atom is -0.481 e. The average Bonchev–Trinajstić information content (AvgIpc) is 2.23. The molecule has 0 unspecified atom stereocenters. The van der Waals surface area contributed by atoms with Gasteiger partial charge in [0.2, 0.25) is 11.8 Å². The molecule has 0 fully saturated rings. The van der Waals surface area contributed by atoms with Gasteiger partial charge in [0.15, 0.2) is 0 Å². The number of alkyl halides is 3. The lowest BCUT2D eigenvalue weighted by Gasteiger charge is -2.23. The number of nitrogens with two attached hydrogens (primary N) is 1. The molecule has 0 saturated carbocycles. The third kappa shape index (κ3) is 3.97. The molecular formula is C9H13F3N4O. The van der Waals surface area contributed by atoms with Gasteiger partial charge in [0.05, 0.1) is 7.11 Å². The lowest BCUT2D eigenvalue weighted by molar-refractivity contribution is -0.119. The molecule has 96 valence electrons. The van der Waals surface area contributed by atoms with Crippen molar-refractivity contribution in [2.45, 2.75) is 13.1 Å². The minimum absolute atomic E-state index is 0.0918. The van der Waals surface area contributed by atoms with Crippen LogP contribution in [-0.4, -0.2) is 36.3 Å². The molecule has 0 aliphatic heterocycles. The van der Waals surface area contributed by atoms with Crippen LogP contribution < -0.4 is 15.4 Å². The molecule has 2 N–H and O–H groups in total. The maximum atomic E-state index is 12.3. The molecule has 0 amide bonds. The second-order valence-corrected chi connectivity index (χ2v) is 3.26. The smallest absolute Gasteiger partial charge is 0.405 e. The van der Waals surface area contributed by atoms with Gasteiger partial charge in [0.1, 0.15) is 12.4 Å². The minimum atomic E-state index is -4.30. The van der Waals surface area contributed by atoms with Crippen molar-refractivity contribution in [3.8, 4) is 5.88 Å². The van der Waals surface area contributed by atoms with Crippen LogP contribution in [0.15, 0.2) is 6.07 Å². The lowest BCUT2D eigenvalue weighted by atomic mass is 10.4. The zero-order valence-electron chi connectivity index (χ0n) is 9.45. The van der Waals surface area contributed by atoms with Gasteiger partial charge in [-0.25, -0.2) is 0 Å². The number of hydrogen-bond acceptors (Lipinski definition) is 5. The zero-order chi connectivity index (χ0) is 13.1. The number of anilines is 2. The van der Waals surface area contributed by atoms with Crippen molar-refractivity contribution in [1.82, 2.24) is 9.97 Å². The Morgan fingerprint density at radius 3 is 2.53 bits per heavy atom. The fraction of sp³-hybridized carbons (Fsp3) is 0.556. The first kappa shape index (κ1) is 13.3. The van der Waals surface area contributed by atoms with Gasteiger partial charge in [0, 0.05) is 12.6 Å². The average molecular weight is 250 g/mol. The van der Waals surface area contributed by atoms with Crippen molar-refractivity contribution >= 4 is 11.8 Å². The van der Waals surface area contributed by atoms with Crippen LogP contribution in [0.4, 0.5) is 24.9 Å². The van der Waals surface area contributed by atoms with E-state index in [1.54, 1.807) is 6.92 Å². The highest BCUT2D eigenvalue weighted by Crippen LogP contribution is 2.23. The van der Waals surface area contributed by atoms with E-state index >= 15 is 0 Å². The van der Waals surface area contributed by atoms with E-state index in [2.05, 4.69) is 9.97 Å². The molecule has 1 aromatic heterocycles. The Balaban J connectivity index is 2.99. The van der Waals surface area contributed by atoms with Gasteiger partial charge in [-0.1, -0.05) is 0 Å². The Morgan fingerprint density at radius 2 is 2.06 bits per heavy atom. The normalized spacial score (nSPS) is 11.4. The molecular weight excluding hydrogens is 237 g/mol. The fourth-order valence-corrected chi connectivity index (χ4v) is 1.27. The van der Waals surface area contributed by atoms with Gasteiger partial charge in [-0.15, -0.1) is 0 Å². The summed E-state index contributed by atoms with van der Waals surface area (Å²) < 4.78 is 41.8. The maximum absolute atomic E-state index is 12.3. The fourth-order valence-electron chi connectivity index (χ4n) is 1.27. The first-order valence-electron chi connectivity index (χ1n) is 4.86. The highest BCUT2D eigenvalue weighted by Gasteiger charge is 2.31. The van der Waals surface area contributed by atoms with E-state index < -0.39 is 12.7 Å². The van der Waals surface area contributed by atoms with Crippen LogP contribution in [0.1, 0.15) is 6.92 Å². The summed E-state index contributed by atoms with van der Waals surface area (Å²) in [6, 6.07) is 1.31. The second-order valence-electron chi connectivity index (χ2n) is 3.26. The predicted octanol–water partition coefficient (Wildman–Crippen LogP) is 1.46. The summed E-state index contributed by atoms with van der Waals surface area (Å²) in [5, 5.41) is 0. The molecule has 0 aromatic carbocycles. The molecule has 1 rings (SSSR count). The van der Waals surface area contributed by atoms with Crippen LogP contribution in [0.3, 0.4) is 0 Å². The topological polar surface area (TPSA) is 64.3 Å². The molecule has 0 saturated heterocycles. The number of hydrogen-bond donors (Lipinski definition) is 1. The Hall–Kier alpha value is -1.73. The Labute approximate surface area is 96.4 Å². The SMILES string of the molecule is CCN(CC(F)(F)F)c1cc(OC)nc(N)n1. The Morgan fingerprint density at radius 1 is 1.41 bits per heavy atom. The summed E-state index contributed by atoms with van der Waals surface area (Å²) >= 11 is 0. The van der Waals surface area contributed by atoms with Gasteiger partial charge in [-0.2, -0.15) is 23.1 Å². The zero-order valence-corrected chi connectivity index (χ0v) is 9.45. The standard InChI is InChI=1S/C9H13F3N4O/c1-3-16(5-9(10,11)12)6-4-7(17-2)15-8(13)14-6/h4H,3,5H2,1-2H3,(H2,13,14,15). The van der Waals surface area contributed by atoms with Crippen molar-refractivity contribution in [2.24, 2.45) is 0 Å². The Kier molecular flexibility index (Phi) is 3.97. The van der Waals surface area contributed by atoms with Gasteiger partial charge in [-0.3, -0.25) is 0 Å². The largest absolute Gasteiger partial charge is 0.481 e. The molecule has 0 spiro atoms. The number of nitrogens with zero attached hydrogens (tertiary/aromatic N) is 3. The van der Waals surface area contributed by atoms with Crippen LogP contribution in [0.25, 0.3) is 0 Å². The second kappa shape index (κ2) is 5.07. The van der Waals surface area contributed by atoms with Crippen molar-refractivity contribution in [3.63, 3.8) is 0 Å². The molecule has 1 heterocycles. The summed E-state index contributed by atoms with van der Waals surface area (Å²) in [6.45, 7) is 0.652. The van der Waals surface area contributed by atoms with Crippen molar-refractivity contribution in [3.05, 3.63) is 6.07 Å². The number of halogens is 3. The molecule has 8 heteroatoms. The van der Waals surface area contributed by atoms with Gasteiger partial charge in [-0.05, 0) is 6.92 Å².